The van der Waals surface area contributed by atoms with Gasteiger partial charge in [0.1, 0.15) is 0 Å². The average Bonchev–Trinajstić information content (AvgIpc) is 2.91. The molecule has 0 aliphatic heterocycles. The molecule has 1 aromatic rings. The molecule has 0 radical (unpaired) electrons. The zero-order chi connectivity index (χ0) is 13.5. The molecule has 0 aromatic heterocycles. The van der Waals surface area contributed by atoms with E-state index in [1.54, 1.807) is 0 Å². The summed E-state index contributed by atoms with van der Waals surface area (Å²) in [7, 11) is 0. The first-order valence-corrected chi connectivity index (χ1v) is 6.97. The lowest BCUT2D eigenvalue weighted by molar-refractivity contribution is -0.120. The smallest absolute Gasteiger partial charge is 0.224 e. The zero-order valence-corrected chi connectivity index (χ0v) is 11.2. The molecule has 0 saturated heterocycles. The molecule has 0 bridgehead atoms. The van der Waals surface area contributed by atoms with Crippen LogP contribution in [-0.2, 0) is 16.0 Å². The molecule has 0 atom stereocenters. The molecule has 4 nitrogen and oxygen atoms in total. The highest BCUT2D eigenvalue weighted by molar-refractivity contribution is 5.80. The number of anilines is 1. The van der Waals surface area contributed by atoms with Gasteiger partial charge in [0.15, 0.2) is 0 Å². The molecule has 0 unspecified atom stereocenters. The molecular formula is C15H22N2O2. The van der Waals surface area contributed by atoms with Crippen LogP contribution >= 0.6 is 0 Å². The van der Waals surface area contributed by atoms with Crippen molar-refractivity contribution in [3.8, 4) is 0 Å². The second kappa shape index (κ2) is 7.14. The number of rotatable bonds is 6. The van der Waals surface area contributed by atoms with Crippen LogP contribution in [0.25, 0.3) is 0 Å². The molecule has 1 saturated carbocycles. The molecule has 1 aromatic carbocycles. The van der Waals surface area contributed by atoms with Gasteiger partial charge in [-0.2, -0.15) is 0 Å². The van der Waals surface area contributed by atoms with Crippen LogP contribution in [0.2, 0.25) is 0 Å². The lowest BCUT2D eigenvalue weighted by Crippen LogP contribution is -2.29. The highest BCUT2D eigenvalue weighted by Crippen LogP contribution is 2.20. The maximum absolute atomic E-state index is 11.7. The molecule has 1 aliphatic carbocycles. The Morgan fingerprint density at radius 2 is 2.05 bits per heavy atom. The largest absolute Gasteiger partial charge is 0.398 e. The van der Waals surface area contributed by atoms with Gasteiger partial charge in [0.25, 0.3) is 0 Å². The number of ether oxygens (including phenoxy) is 1. The Morgan fingerprint density at radius 1 is 1.32 bits per heavy atom. The van der Waals surface area contributed by atoms with Crippen molar-refractivity contribution in [1.82, 2.24) is 5.32 Å². The van der Waals surface area contributed by atoms with Gasteiger partial charge in [0.2, 0.25) is 5.91 Å². The summed E-state index contributed by atoms with van der Waals surface area (Å²) in [5.74, 6) is -0.00655. The molecule has 2 rings (SSSR count). The van der Waals surface area contributed by atoms with E-state index in [4.69, 9.17) is 10.5 Å². The quantitative estimate of drug-likeness (QED) is 0.608. The van der Waals surface area contributed by atoms with E-state index in [-0.39, 0.29) is 5.91 Å². The number of amides is 1. The maximum atomic E-state index is 11.7. The normalized spacial score (nSPS) is 15.6. The van der Waals surface area contributed by atoms with Gasteiger partial charge >= 0.3 is 0 Å². The number of hydrogen-bond donors (Lipinski definition) is 2. The highest BCUT2D eigenvalue weighted by Gasteiger charge is 2.14. The topological polar surface area (TPSA) is 64.4 Å². The van der Waals surface area contributed by atoms with Crippen molar-refractivity contribution in [1.29, 1.82) is 0 Å². The first-order chi connectivity index (χ1) is 9.25. The van der Waals surface area contributed by atoms with Gasteiger partial charge in [-0.1, -0.05) is 31.0 Å². The van der Waals surface area contributed by atoms with Crippen molar-refractivity contribution in [2.45, 2.75) is 38.2 Å². The number of carbonyl (C=O) groups excluding carboxylic acids is 1. The number of hydrogen-bond acceptors (Lipinski definition) is 3. The minimum absolute atomic E-state index is 0.00655. The molecule has 19 heavy (non-hydrogen) atoms. The van der Waals surface area contributed by atoms with Gasteiger partial charge in [-0.15, -0.1) is 0 Å². The van der Waals surface area contributed by atoms with Crippen molar-refractivity contribution in [3.63, 3.8) is 0 Å². The van der Waals surface area contributed by atoms with Crippen LogP contribution in [0, 0.1) is 0 Å². The fourth-order valence-corrected chi connectivity index (χ4v) is 2.40. The van der Waals surface area contributed by atoms with Crippen molar-refractivity contribution < 1.29 is 9.53 Å². The Balaban J connectivity index is 1.63. The van der Waals surface area contributed by atoms with Crippen LogP contribution in [0.5, 0.6) is 0 Å². The molecule has 1 aliphatic rings. The first kappa shape index (κ1) is 13.9. The fraction of sp³-hybridized carbons (Fsp3) is 0.533. The van der Waals surface area contributed by atoms with Crippen LogP contribution in [0.15, 0.2) is 24.3 Å². The standard InChI is InChI=1S/C15H22N2O2/c16-14-8-4-1-5-12(14)11-15(18)17-9-10-19-13-6-2-3-7-13/h1,4-5,8,13H,2-3,6-7,9-11,16H2,(H,17,18). The number of nitrogens with one attached hydrogen (secondary N) is 1. The van der Waals surface area contributed by atoms with Gasteiger partial charge < -0.3 is 15.8 Å². The average molecular weight is 262 g/mol. The predicted octanol–water partition coefficient (Wildman–Crippen LogP) is 1.89. The number of benzene rings is 1. The minimum atomic E-state index is -0.00655. The van der Waals surface area contributed by atoms with E-state index in [0.29, 0.717) is 31.4 Å². The lowest BCUT2D eigenvalue weighted by atomic mass is 10.1. The molecule has 1 fully saturated rings. The van der Waals surface area contributed by atoms with E-state index < -0.39 is 0 Å². The second-order valence-corrected chi connectivity index (χ2v) is 5.00. The minimum Gasteiger partial charge on any atom is -0.398 e. The summed E-state index contributed by atoms with van der Waals surface area (Å²) in [4.78, 5) is 11.7. The van der Waals surface area contributed by atoms with Crippen molar-refractivity contribution in [2.24, 2.45) is 0 Å². The Bertz CT molecular complexity index is 414. The maximum Gasteiger partial charge on any atom is 0.224 e. The van der Waals surface area contributed by atoms with E-state index in [1.165, 1.54) is 12.8 Å². The third kappa shape index (κ3) is 4.56. The van der Waals surface area contributed by atoms with Crippen LogP contribution < -0.4 is 11.1 Å². The number of para-hydroxylation sites is 1. The van der Waals surface area contributed by atoms with Crippen molar-refractivity contribution in [3.05, 3.63) is 29.8 Å². The summed E-state index contributed by atoms with van der Waals surface area (Å²) in [6.07, 6.45) is 5.59. The van der Waals surface area contributed by atoms with E-state index in [9.17, 15) is 4.79 Å². The molecule has 4 heteroatoms. The molecule has 0 spiro atoms. The van der Waals surface area contributed by atoms with E-state index in [0.717, 1.165) is 18.4 Å². The third-order valence-electron chi connectivity index (χ3n) is 3.49. The number of nitrogen functional groups attached to an aromatic ring is 1. The molecular weight excluding hydrogens is 240 g/mol. The second-order valence-electron chi connectivity index (χ2n) is 5.00. The third-order valence-corrected chi connectivity index (χ3v) is 3.49. The van der Waals surface area contributed by atoms with Crippen LogP contribution in [0.3, 0.4) is 0 Å². The summed E-state index contributed by atoms with van der Waals surface area (Å²) in [5.41, 5.74) is 7.34. The Labute approximate surface area is 114 Å². The van der Waals surface area contributed by atoms with Gasteiger partial charge in [-0.25, -0.2) is 0 Å². The van der Waals surface area contributed by atoms with Crippen molar-refractivity contribution in [2.75, 3.05) is 18.9 Å². The Morgan fingerprint density at radius 3 is 2.79 bits per heavy atom. The van der Waals surface area contributed by atoms with Gasteiger partial charge in [0.05, 0.1) is 19.1 Å². The fourth-order valence-electron chi connectivity index (χ4n) is 2.40. The highest BCUT2D eigenvalue weighted by atomic mass is 16.5. The number of carbonyl (C=O) groups is 1. The van der Waals surface area contributed by atoms with Gasteiger partial charge in [-0.05, 0) is 24.5 Å². The Kier molecular flexibility index (Phi) is 5.21. The molecule has 1 amide bonds. The zero-order valence-electron chi connectivity index (χ0n) is 11.2. The SMILES string of the molecule is Nc1ccccc1CC(=O)NCCOC1CCCC1. The van der Waals surface area contributed by atoms with Crippen molar-refractivity contribution >= 4 is 11.6 Å². The summed E-state index contributed by atoms with van der Waals surface area (Å²) in [5, 5.41) is 2.86. The van der Waals surface area contributed by atoms with Crippen LogP contribution in [0.1, 0.15) is 31.2 Å². The van der Waals surface area contributed by atoms with Gasteiger partial charge in [0, 0.05) is 12.2 Å². The summed E-state index contributed by atoms with van der Waals surface area (Å²) in [6.45, 7) is 1.17. The van der Waals surface area contributed by atoms with Crippen LogP contribution in [-0.4, -0.2) is 25.2 Å². The Hall–Kier alpha value is -1.55. The predicted molar refractivity (Wildman–Crippen MR) is 75.8 cm³/mol. The summed E-state index contributed by atoms with van der Waals surface area (Å²) in [6, 6.07) is 7.45. The molecule has 0 heterocycles. The molecule has 3 N–H and O–H groups in total. The monoisotopic (exact) mass is 262 g/mol. The lowest BCUT2D eigenvalue weighted by Gasteiger charge is -2.11. The van der Waals surface area contributed by atoms with Crippen LogP contribution in [0.4, 0.5) is 5.69 Å². The first-order valence-electron chi connectivity index (χ1n) is 6.97. The van der Waals surface area contributed by atoms with E-state index >= 15 is 0 Å². The van der Waals surface area contributed by atoms with Gasteiger partial charge in [-0.3, -0.25) is 4.79 Å². The van der Waals surface area contributed by atoms with E-state index in [1.807, 2.05) is 24.3 Å². The van der Waals surface area contributed by atoms with E-state index in [2.05, 4.69) is 5.32 Å². The number of nitrogens with two attached hydrogens (primary N) is 1. The summed E-state index contributed by atoms with van der Waals surface area (Å²) >= 11 is 0. The molecule has 104 valence electrons. The summed E-state index contributed by atoms with van der Waals surface area (Å²) < 4.78 is 5.69.